The monoisotopic (exact) mass is 290 g/mol. The number of benzene rings is 1. The predicted octanol–water partition coefficient (Wildman–Crippen LogP) is 2.51. The van der Waals surface area contributed by atoms with Crippen molar-refractivity contribution in [1.29, 1.82) is 0 Å². The summed E-state index contributed by atoms with van der Waals surface area (Å²) in [6.07, 6.45) is 2.77. The van der Waals surface area contributed by atoms with Crippen LogP contribution in [0.1, 0.15) is 35.3 Å². The summed E-state index contributed by atoms with van der Waals surface area (Å²) in [5.74, 6) is -0.0361. The Morgan fingerprint density at radius 2 is 2.24 bits per heavy atom. The molecule has 1 aliphatic rings. The van der Waals surface area contributed by atoms with E-state index < -0.39 is 0 Å². The number of carbonyl (C=O) groups is 1. The fraction of sp³-hybridized carbons (Fsp3) is 0.438. The lowest BCUT2D eigenvalue weighted by Gasteiger charge is -2.16. The van der Waals surface area contributed by atoms with Crippen molar-refractivity contribution < 1.29 is 14.3 Å². The number of hydrogen-bond donors (Lipinski definition) is 3. The number of halogens is 1. The van der Waals surface area contributed by atoms with Crippen molar-refractivity contribution >= 4 is 16.8 Å². The number of carbonyl (C=O) groups excluding carboxylic acids is 1. The van der Waals surface area contributed by atoms with Crippen LogP contribution in [0.5, 0.6) is 0 Å². The summed E-state index contributed by atoms with van der Waals surface area (Å²) in [7, 11) is 0. The molecular formula is C16H19FN2O2. The highest BCUT2D eigenvalue weighted by Crippen LogP contribution is 2.34. The van der Waals surface area contributed by atoms with Gasteiger partial charge in [0.25, 0.3) is 5.91 Å². The molecule has 3 N–H and O–H groups in total. The van der Waals surface area contributed by atoms with E-state index in [2.05, 4.69) is 10.3 Å². The van der Waals surface area contributed by atoms with Crippen molar-refractivity contribution in [1.82, 2.24) is 10.3 Å². The molecule has 0 radical (unpaired) electrons. The third-order valence-electron chi connectivity index (χ3n) is 4.10. The van der Waals surface area contributed by atoms with Crippen LogP contribution in [0.15, 0.2) is 18.2 Å². The van der Waals surface area contributed by atoms with Crippen molar-refractivity contribution in [2.45, 2.75) is 32.2 Å². The summed E-state index contributed by atoms with van der Waals surface area (Å²) >= 11 is 0. The van der Waals surface area contributed by atoms with Crippen LogP contribution >= 0.6 is 0 Å². The van der Waals surface area contributed by atoms with Gasteiger partial charge < -0.3 is 15.4 Å². The lowest BCUT2D eigenvalue weighted by molar-refractivity contribution is 0.0920. The second-order valence-electron chi connectivity index (χ2n) is 5.80. The van der Waals surface area contributed by atoms with Crippen LogP contribution < -0.4 is 5.32 Å². The molecule has 1 aliphatic carbocycles. The highest BCUT2D eigenvalue weighted by Gasteiger charge is 2.32. The summed E-state index contributed by atoms with van der Waals surface area (Å²) in [5.41, 5.74) is 1.86. The van der Waals surface area contributed by atoms with Gasteiger partial charge in [0.1, 0.15) is 11.5 Å². The maximum Gasteiger partial charge on any atom is 0.267 e. The van der Waals surface area contributed by atoms with Crippen molar-refractivity contribution in [3.63, 3.8) is 0 Å². The van der Waals surface area contributed by atoms with Crippen molar-refractivity contribution in [2.24, 2.45) is 5.92 Å². The summed E-state index contributed by atoms with van der Waals surface area (Å²) in [4.78, 5) is 15.3. The second kappa shape index (κ2) is 5.48. The van der Waals surface area contributed by atoms with E-state index in [-0.39, 0.29) is 24.4 Å². The Morgan fingerprint density at radius 1 is 1.48 bits per heavy atom. The molecule has 21 heavy (non-hydrogen) atoms. The number of aliphatic hydroxyl groups excluding tert-OH is 1. The number of aryl methyl sites for hydroxylation is 1. The second-order valence-corrected chi connectivity index (χ2v) is 5.80. The van der Waals surface area contributed by atoms with E-state index in [9.17, 15) is 9.18 Å². The summed E-state index contributed by atoms with van der Waals surface area (Å²) < 4.78 is 13.4. The zero-order valence-corrected chi connectivity index (χ0v) is 11.9. The first-order chi connectivity index (χ1) is 10.1. The standard InChI is InChI=1S/C16H19FN2O2/c1-9-6-11(17)7-14-12(9)8-15(18-14)16(21)19-13(4-5-20)10-2-3-10/h6-8,10,13,18,20H,2-5H2,1H3,(H,19,21). The van der Waals surface area contributed by atoms with E-state index in [0.29, 0.717) is 23.5 Å². The van der Waals surface area contributed by atoms with Gasteiger partial charge in [0.15, 0.2) is 0 Å². The number of H-pyrrole nitrogens is 1. The fourth-order valence-corrected chi connectivity index (χ4v) is 2.81. The van der Waals surface area contributed by atoms with E-state index in [0.717, 1.165) is 23.8 Å². The number of aromatic nitrogens is 1. The van der Waals surface area contributed by atoms with Gasteiger partial charge in [-0.1, -0.05) is 0 Å². The molecule has 0 aliphatic heterocycles. The number of rotatable bonds is 5. The van der Waals surface area contributed by atoms with E-state index >= 15 is 0 Å². The molecule has 1 heterocycles. The van der Waals surface area contributed by atoms with Gasteiger partial charge in [0.2, 0.25) is 0 Å². The lowest BCUT2D eigenvalue weighted by Crippen LogP contribution is -2.37. The molecule has 112 valence electrons. The van der Waals surface area contributed by atoms with Crippen molar-refractivity contribution in [3.8, 4) is 0 Å². The average molecular weight is 290 g/mol. The molecule has 1 atom stereocenters. The number of amides is 1. The number of hydrogen-bond acceptors (Lipinski definition) is 2. The normalized spacial score (nSPS) is 16.1. The highest BCUT2D eigenvalue weighted by molar-refractivity contribution is 5.99. The summed E-state index contributed by atoms with van der Waals surface area (Å²) in [5, 5.41) is 12.9. The van der Waals surface area contributed by atoms with Gasteiger partial charge in [-0.2, -0.15) is 0 Å². The lowest BCUT2D eigenvalue weighted by atomic mass is 10.1. The first kappa shape index (κ1) is 14.1. The van der Waals surface area contributed by atoms with Crippen LogP contribution in [-0.4, -0.2) is 28.6 Å². The molecule has 3 rings (SSSR count). The van der Waals surface area contributed by atoms with Gasteiger partial charge in [-0.25, -0.2) is 4.39 Å². The highest BCUT2D eigenvalue weighted by atomic mass is 19.1. The zero-order valence-electron chi connectivity index (χ0n) is 11.9. The van der Waals surface area contributed by atoms with Crippen LogP contribution in [0, 0.1) is 18.7 Å². The Hall–Kier alpha value is -1.88. The third kappa shape index (κ3) is 2.93. The SMILES string of the molecule is Cc1cc(F)cc2[nH]c(C(=O)NC(CCO)C3CC3)cc12. The summed E-state index contributed by atoms with van der Waals surface area (Å²) in [6.45, 7) is 1.89. The Morgan fingerprint density at radius 3 is 2.90 bits per heavy atom. The molecule has 0 saturated heterocycles. The van der Waals surface area contributed by atoms with E-state index in [1.54, 1.807) is 6.07 Å². The Labute approximate surface area is 122 Å². The number of aromatic amines is 1. The topological polar surface area (TPSA) is 65.1 Å². The van der Waals surface area contributed by atoms with E-state index in [1.807, 2.05) is 6.92 Å². The zero-order chi connectivity index (χ0) is 15.0. The van der Waals surface area contributed by atoms with Gasteiger partial charge in [0, 0.05) is 23.6 Å². The van der Waals surface area contributed by atoms with Gasteiger partial charge in [-0.15, -0.1) is 0 Å². The van der Waals surface area contributed by atoms with Crippen LogP contribution in [0.25, 0.3) is 10.9 Å². The van der Waals surface area contributed by atoms with Gasteiger partial charge in [-0.05, 0) is 55.9 Å². The van der Waals surface area contributed by atoms with Gasteiger partial charge in [-0.3, -0.25) is 4.79 Å². The molecule has 0 spiro atoms. The van der Waals surface area contributed by atoms with Crippen LogP contribution in [0.3, 0.4) is 0 Å². The van der Waals surface area contributed by atoms with E-state index in [1.165, 1.54) is 12.1 Å². The number of fused-ring (bicyclic) bond motifs is 1. The van der Waals surface area contributed by atoms with Crippen LogP contribution in [-0.2, 0) is 0 Å². The largest absolute Gasteiger partial charge is 0.396 e. The molecule has 1 aromatic heterocycles. The van der Waals surface area contributed by atoms with Crippen molar-refractivity contribution in [2.75, 3.05) is 6.61 Å². The quantitative estimate of drug-likeness (QED) is 0.792. The molecule has 1 saturated carbocycles. The molecule has 1 amide bonds. The molecule has 1 unspecified atom stereocenters. The molecule has 2 aromatic rings. The molecule has 1 aromatic carbocycles. The minimum absolute atomic E-state index is 0.0201. The van der Waals surface area contributed by atoms with E-state index in [4.69, 9.17) is 5.11 Å². The summed E-state index contributed by atoms with van der Waals surface area (Å²) in [6, 6.07) is 4.62. The Bertz CT molecular complexity index is 676. The molecule has 5 heteroatoms. The molecule has 4 nitrogen and oxygen atoms in total. The predicted molar refractivity (Wildman–Crippen MR) is 78.7 cm³/mol. The first-order valence-corrected chi connectivity index (χ1v) is 7.29. The van der Waals surface area contributed by atoms with Crippen LogP contribution in [0.2, 0.25) is 0 Å². The number of nitrogens with one attached hydrogen (secondary N) is 2. The maximum absolute atomic E-state index is 13.4. The van der Waals surface area contributed by atoms with Crippen LogP contribution in [0.4, 0.5) is 4.39 Å². The Balaban J connectivity index is 1.82. The minimum Gasteiger partial charge on any atom is -0.396 e. The fourth-order valence-electron chi connectivity index (χ4n) is 2.81. The molecular weight excluding hydrogens is 271 g/mol. The molecule has 0 bridgehead atoms. The maximum atomic E-state index is 13.4. The van der Waals surface area contributed by atoms with Crippen molar-refractivity contribution in [3.05, 3.63) is 35.3 Å². The number of aliphatic hydroxyl groups is 1. The smallest absolute Gasteiger partial charge is 0.267 e. The van der Waals surface area contributed by atoms with Gasteiger partial charge in [0.05, 0.1) is 0 Å². The minimum atomic E-state index is -0.315. The first-order valence-electron chi connectivity index (χ1n) is 7.29. The average Bonchev–Trinajstić information content (AvgIpc) is 3.18. The Kier molecular flexibility index (Phi) is 3.68. The third-order valence-corrected chi connectivity index (χ3v) is 4.10. The van der Waals surface area contributed by atoms with Gasteiger partial charge >= 0.3 is 0 Å². The molecule has 1 fully saturated rings.